The summed E-state index contributed by atoms with van der Waals surface area (Å²) in [6.07, 6.45) is 0.858. The topological polar surface area (TPSA) is 35.6 Å². The van der Waals surface area contributed by atoms with Gasteiger partial charge in [-0.1, -0.05) is 41.9 Å². The lowest BCUT2D eigenvalue weighted by atomic mass is 10.1. The average molecular weight is 358 g/mol. The van der Waals surface area contributed by atoms with Crippen molar-refractivity contribution in [3.05, 3.63) is 64.7 Å². The van der Waals surface area contributed by atoms with Gasteiger partial charge in [-0.3, -0.25) is 0 Å². The molecule has 5 heteroatoms. The van der Waals surface area contributed by atoms with Crippen LogP contribution in [0.15, 0.2) is 48.5 Å². The molecule has 2 aromatic rings. The summed E-state index contributed by atoms with van der Waals surface area (Å²) >= 11 is 6.03. The summed E-state index contributed by atoms with van der Waals surface area (Å²) in [4.78, 5) is 16.5. The molecule has 2 amide bonds. The number of carbonyl (C=O) groups is 1. The molecule has 2 aromatic carbocycles. The molecule has 132 valence electrons. The van der Waals surface area contributed by atoms with Gasteiger partial charge in [0.2, 0.25) is 0 Å². The Labute approximate surface area is 154 Å². The van der Waals surface area contributed by atoms with Gasteiger partial charge in [0, 0.05) is 43.4 Å². The molecular weight excluding hydrogens is 334 g/mol. The number of urea groups is 1. The molecule has 0 spiro atoms. The van der Waals surface area contributed by atoms with Gasteiger partial charge in [-0.25, -0.2) is 4.79 Å². The van der Waals surface area contributed by atoms with E-state index >= 15 is 0 Å². The second kappa shape index (κ2) is 8.26. The maximum atomic E-state index is 12.3. The largest absolute Gasteiger partial charge is 0.368 e. The van der Waals surface area contributed by atoms with Gasteiger partial charge in [0.1, 0.15) is 0 Å². The average Bonchev–Trinajstić information content (AvgIpc) is 2.63. The van der Waals surface area contributed by atoms with Crippen molar-refractivity contribution in [3.63, 3.8) is 0 Å². The Morgan fingerprint density at radius 3 is 2.48 bits per heavy atom. The first-order valence-corrected chi connectivity index (χ1v) is 9.09. The number of aryl methyl sites for hydroxylation is 1. The van der Waals surface area contributed by atoms with Crippen molar-refractivity contribution < 1.29 is 4.79 Å². The molecule has 0 bridgehead atoms. The minimum atomic E-state index is 0.0309. The molecule has 1 fully saturated rings. The number of hydrogen-bond donors (Lipinski definition) is 1. The number of anilines is 1. The molecule has 1 aliphatic rings. The number of amides is 2. The van der Waals surface area contributed by atoms with E-state index in [4.69, 9.17) is 11.6 Å². The molecule has 4 nitrogen and oxygen atoms in total. The van der Waals surface area contributed by atoms with Gasteiger partial charge >= 0.3 is 6.03 Å². The van der Waals surface area contributed by atoms with E-state index in [1.807, 2.05) is 35.2 Å². The molecule has 0 aliphatic carbocycles. The van der Waals surface area contributed by atoms with E-state index in [0.717, 1.165) is 37.6 Å². The lowest BCUT2D eigenvalue weighted by Crippen LogP contribution is -2.52. The van der Waals surface area contributed by atoms with Crippen molar-refractivity contribution in [3.8, 4) is 0 Å². The second-order valence-electron chi connectivity index (χ2n) is 6.37. The fourth-order valence-electron chi connectivity index (χ4n) is 3.19. The van der Waals surface area contributed by atoms with E-state index in [1.54, 1.807) is 0 Å². The minimum absolute atomic E-state index is 0.0309. The zero-order valence-corrected chi connectivity index (χ0v) is 15.3. The van der Waals surface area contributed by atoms with Crippen molar-refractivity contribution in [2.75, 3.05) is 37.6 Å². The molecule has 1 saturated heterocycles. The number of halogens is 1. The lowest BCUT2D eigenvalue weighted by Gasteiger charge is -2.36. The summed E-state index contributed by atoms with van der Waals surface area (Å²) in [6.45, 7) is 5.89. The SMILES string of the molecule is Cc1cc(Cl)ccc1N1CCN(C(=O)NCCc2ccccc2)CC1. The van der Waals surface area contributed by atoms with E-state index in [0.29, 0.717) is 6.54 Å². The molecule has 1 heterocycles. The van der Waals surface area contributed by atoms with Gasteiger partial charge in [-0.2, -0.15) is 0 Å². The van der Waals surface area contributed by atoms with Gasteiger partial charge < -0.3 is 15.1 Å². The summed E-state index contributed by atoms with van der Waals surface area (Å²) < 4.78 is 0. The van der Waals surface area contributed by atoms with Crippen molar-refractivity contribution in [2.45, 2.75) is 13.3 Å². The van der Waals surface area contributed by atoms with Crippen LogP contribution in [-0.2, 0) is 6.42 Å². The van der Waals surface area contributed by atoms with Crippen molar-refractivity contribution in [1.82, 2.24) is 10.2 Å². The molecule has 3 rings (SSSR count). The van der Waals surface area contributed by atoms with Crippen LogP contribution in [-0.4, -0.2) is 43.7 Å². The van der Waals surface area contributed by atoms with E-state index < -0.39 is 0 Å². The molecule has 1 N–H and O–H groups in total. The monoisotopic (exact) mass is 357 g/mol. The number of nitrogens with one attached hydrogen (secondary N) is 1. The second-order valence-corrected chi connectivity index (χ2v) is 6.81. The summed E-state index contributed by atoms with van der Waals surface area (Å²) in [5.41, 5.74) is 3.62. The van der Waals surface area contributed by atoms with Gasteiger partial charge in [0.15, 0.2) is 0 Å². The standard InChI is InChI=1S/C20H24ClN3O/c1-16-15-18(21)7-8-19(16)23-11-13-24(14-12-23)20(25)22-10-9-17-5-3-2-4-6-17/h2-8,15H,9-14H2,1H3,(H,22,25). The molecule has 0 aromatic heterocycles. The number of piperazine rings is 1. The van der Waals surface area contributed by atoms with Crippen LogP contribution in [0.1, 0.15) is 11.1 Å². The predicted octanol–water partition coefficient (Wildman–Crippen LogP) is 3.72. The third kappa shape index (κ3) is 4.67. The summed E-state index contributed by atoms with van der Waals surface area (Å²) in [6, 6.07) is 16.2. The summed E-state index contributed by atoms with van der Waals surface area (Å²) in [5.74, 6) is 0. The molecule has 0 saturated carbocycles. The number of carbonyl (C=O) groups excluding carboxylic acids is 1. The fourth-order valence-corrected chi connectivity index (χ4v) is 3.42. The molecule has 0 radical (unpaired) electrons. The van der Waals surface area contributed by atoms with E-state index in [-0.39, 0.29) is 6.03 Å². The normalized spacial score (nSPS) is 14.5. The molecule has 0 unspecified atom stereocenters. The quantitative estimate of drug-likeness (QED) is 0.905. The number of nitrogens with zero attached hydrogens (tertiary/aromatic N) is 2. The van der Waals surface area contributed by atoms with Gasteiger partial charge in [0.25, 0.3) is 0 Å². The first kappa shape index (κ1) is 17.6. The maximum Gasteiger partial charge on any atom is 0.317 e. The number of rotatable bonds is 4. The zero-order valence-electron chi connectivity index (χ0n) is 14.5. The van der Waals surface area contributed by atoms with Crippen LogP contribution in [0.4, 0.5) is 10.5 Å². The Morgan fingerprint density at radius 2 is 1.80 bits per heavy atom. The van der Waals surface area contributed by atoms with Gasteiger partial charge in [-0.15, -0.1) is 0 Å². The van der Waals surface area contributed by atoms with E-state index in [2.05, 4.69) is 35.3 Å². The highest BCUT2D eigenvalue weighted by atomic mass is 35.5. The van der Waals surface area contributed by atoms with Crippen LogP contribution in [0.25, 0.3) is 0 Å². The van der Waals surface area contributed by atoms with Gasteiger partial charge in [0.05, 0.1) is 0 Å². The number of benzene rings is 2. The van der Waals surface area contributed by atoms with Crippen LogP contribution < -0.4 is 10.2 Å². The first-order valence-electron chi connectivity index (χ1n) is 8.71. The smallest absolute Gasteiger partial charge is 0.317 e. The van der Waals surface area contributed by atoms with Gasteiger partial charge in [-0.05, 0) is 42.7 Å². The Kier molecular flexibility index (Phi) is 5.82. The summed E-state index contributed by atoms with van der Waals surface area (Å²) in [5, 5.41) is 3.79. The number of hydrogen-bond acceptors (Lipinski definition) is 2. The predicted molar refractivity (Wildman–Crippen MR) is 104 cm³/mol. The highest BCUT2D eigenvalue weighted by Gasteiger charge is 2.21. The highest BCUT2D eigenvalue weighted by Crippen LogP contribution is 2.24. The third-order valence-electron chi connectivity index (χ3n) is 4.60. The first-order chi connectivity index (χ1) is 12.1. The molecule has 25 heavy (non-hydrogen) atoms. The van der Waals surface area contributed by atoms with Crippen LogP contribution in [0, 0.1) is 6.92 Å². The Morgan fingerprint density at radius 1 is 1.08 bits per heavy atom. The zero-order chi connectivity index (χ0) is 17.6. The van der Waals surface area contributed by atoms with Crippen LogP contribution in [0.5, 0.6) is 0 Å². The Balaban J connectivity index is 1.46. The fraction of sp³-hybridized carbons (Fsp3) is 0.350. The van der Waals surface area contributed by atoms with E-state index in [9.17, 15) is 4.79 Å². The Bertz CT molecular complexity index is 712. The van der Waals surface area contributed by atoms with E-state index in [1.165, 1.54) is 16.8 Å². The van der Waals surface area contributed by atoms with Crippen LogP contribution >= 0.6 is 11.6 Å². The molecular formula is C20H24ClN3O. The highest BCUT2D eigenvalue weighted by molar-refractivity contribution is 6.30. The van der Waals surface area contributed by atoms with Crippen LogP contribution in [0.2, 0.25) is 5.02 Å². The van der Waals surface area contributed by atoms with Crippen LogP contribution in [0.3, 0.4) is 0 Å². The van der Waals surface area contributed by atoms with Crippen molar-refractivity contribution >= 4 is 23.3 Å². The lowest BCUT2D eigenvalue weighted by molar-refractivity contribution is 0.194. The Hall–Kier alpha value is -2.20. The molecule has 1 aliphatic heterocycles. The maximum absolute atomic E-state index is 12.3. The van der Waals surface area contributed by atoms with Crippen molar-refractivity contribution in [1.29, 1.82) is 0 Å². The third-order valence-corrected chi connectivity index (χ3v) is 4.83. The minimum Gasteiger partial charge on any atom is -0.368 e. The summed E-state index contributed by atoms with van der Waals surface area (Å²) in [7, 11) is 0. The van der Waals surface area contributed by atoms with Crippen molar-refractivity contribution in [2.24, 2.45) is 0 Å². The molecule has 0 atom stereocenters.